The molecule has 1 N–H and O–H groups in total. The fourth-order valence-corrected chi connectivity index (χ4v) is 2.31. The lowest BCUT2D eigenvalue weighted by Gasteiger charge is -2.11. The lowest BCUT2D eigenvalue weighted by molar-refractivity contribution is -0.385. The van der Waals surface area contributed by atoms with E-state index in [4.69, 9.17) is 16.4 Å². The molecule has 98 valence electrons. The average Bonchev–Trinajstić information content (AvgIpc) is 2.82. The molecule has 0 aliphatic heterocycles. The van der Waals surface area contributed by atoms with Gasteiger partial charge < -0.3 is 0 Å². The van der Waals surface area contributed by atoms with Crippen molar-refractivity contribution in [1.82, 2.24) is 5.48 Å². The minimum Gasteiger partial charge on any atom is -0.298 e. The first-order chi connectivity index (χ1) is 8.66. The molecule has 1 aromatic rings. The number of hydroxylamine groups is 1. The maximum absolute atomic E-state index is 10.8. The smallest absolute Gasteiger partial charge is 0.274 e. The van der Waals surface area contributed by atoms with Crippen molar-refractivity contribution in [2.45, 2.75) is 38.3 Å². The number of nitrogens with one attached hydrogen (secondary N) is 1. The summed E-state index contributed by atoms with van der Waals surface area (Å²) in [4.78, 5) is 15.9. The number of rotatable bonds is 5. The Morgan fingerprint density at radius 3 is 2.83 bits per heavy atom. The number of nitro groups is 1. The maximum atomic E-state index is 10.8. The van der Waals surface area contributed by atoms with Crippen molar-refractivity contribution in [2.75, 3.05) is 0 Å². The van der Waals surface area contributed by atoms with E-state index in [0.717, 1.165) is 12.8 Å². The monoisotopic (exact) mass is 270 g/mol. The second-order valence-electron chi connectivity index (χ2n) is 4.38. The maximum Gasteiger partial charge on any atom is 0.274 e. The molecule has 0 atom stereocenters. The van der Waals surface area contributed by atoms with Crippen LogP contribution in [0.3, 0.4) is 0 Å². The molecule has 0 radical (unpaired) electrons. The van der Waals surface area contributed by atoms with Gasteiger partial charge in [0.05, 0.1) is 17.6 Å². The Morgan fingerprint density at radius 2 is 2.17 bits per heavy atom. The Kier molecular flexibility index (Phi) is 4.52. The molecule has 6 heteroatoms. The van der Waals surface area contributed by atoms with Crippen molar-refractivity contribution in [2.24, 2.45) is 0 Å². The van der Waals surface area contributed by atoms with Crippen molar-refractivity contribution in [1.29, 1.82) is 0 Å². The van der Waals surface area contributed by atoms with E-state index >= 15 is 0 Å². The van der Waals surface area contributed by atoms with E-state index in [-0.39, 0.29) is 18.3 Å². The van der Waals surface area contributed by atoms with Gasteiger partial charge in [0.2, 0.25) is 0 Å². The van der Waals surface area contributed by atoms with Crippen LogP contribution in [0.1, 0.15) is 31.2 Å². The molecule has 0 saturated heterocycles. The number of benzene rings is 1. The fraction of sp³-hybridized carbons (Fsp3) is 0.500. The number of nitro benzene ring substituents is 1. The highest BCUT2D eigenvalue weighted by Gasteiger charge is 2.17. The Morgan fingerprint density at radius 1 is 1.44 bits per heavy atom. The Balaban J connectivity index is 1.94. The van der Waals surface area contributed by atoms with Gasteiger partial charge in [0, 0.05) is 16.7 Å². The predicted octanol–water partition coefficient (Wildman–Crippen LogP) is 3.21. The molecule has 1 fully saturated rings. The van der Waals surface area contributed by atoms with Crippen LogP contribution in [0.15, 0.2) is 18.2 Å². The van der Waals surface area contributed by atoms with Crippen LogP contribution in [0.4, 0.5) is 5.69 Å². The zero-order valence-corrected chi connectivity index (χ0v) is 10.7. The molecule has 18 heavy (non-hydrogen) atoms. The molecule has 0 aromatic heterocycles. The second kappa shape index (κ2) is 6.13. The number of hydrogen-bond donors (Lipinski definition) is 1. The first kappa shape index (κ1) is 13.3. The third-order valence-corrected chi connectivity index (χ3v) is 3.29. The van der Waals surface area contributed by atoms with Gasteiger partial charge in [0.1, 0.15) is 0 Å². The van der Waals surface area contributed by atoms with Gasteiger partial charge in [-0.05, 0) is 25.0 Å². The molecule has 0 spiro atoms. The topological polar surface area (TPSA) is 64.4 Å². The SMILES string of the molecule is O=[N+]([O-])c1ccc(Cl)cc1CNOC1CCCC1. The Hall–Kier alpha value is -1.17. The summed E-state index contributed by atoms with van der Waals surface area (Å²) in [6.07, 6.45) is 4.69. The molecule has 0 unspecified atom stereocenters. The van der Waals surface area contributed by atoms with Gasteiger partial charge in [-0.25, -0.2) is 0 Å². The van der Waals surface area contributed by atoms with Gasteiger partial charge in [0.15, 0.2) is 0 Å². The Labute approximate surface area is 110 Å². The molecule has 0 heterocycles. The van der Waals surface area contributed by atoms with Gasteiger partial charge in [-0.2, -0.15) is 5.48 Å². The van der Waals surface area contributed by atoms with Gasteiger partial charge in [-0.1, -0.05) is 24.4 Å². The van der Waals surface area contributed by atoms with E-state index < -0.39 is 4.92 Å². The van der Waals surface area contributed by atoms with Gasteiger partial charge >= 0.3 is 0 Å². The van der Waals surface area contributed by atoms with Crippen LogP contribution in [0.25, 0.3) is 0 Å². The molecule has 1 saturated carbocycles. The number of hydrogen-bond acceptors (Lipinski definition) is 4. The van der Waals surface area contributed by atoms with Crippen LogP contribution in [0, 0.1) is 10.1 Å². The predicted molar refractivity (Wildman–Crippen MR) is 68.3 cm³/mol. The normalized spacial score (nSPS) is 16.1. The zero-order valence-electron chi connectivity index (χ0n) is 9.89. The quantitative estimate of drug-likeness (QED) is 0.659. The summed E-state index contributed by atoms with van der Waals surface area (Å²) < 4.78 is 0. The van der Waals surface area contributed by atoms with Crippen LogP contribution in [-0.4, -0.2) is 11.0 Å². The van der Waals surface area contributed by atoms with Crippen molar-refractivity contribution >= 4 is 17.3 Å². The summed E-state index contributed by atoms with van der Waals surface area (Å²) in [7, 11) is 0. The minimum absolute atomic E-state index is 0.0573. The lowest BCUT2D eigenvalue weighted by atomic mass is 10.2. The van der Waals surface area contributed by atoms with Crippen molar-refractivity contribution in [3.8, 4) is 0 Å². The van der Waals surface area contributed by atoms with E-state index in [1.807, 2.05) is 0 Å². The number of halogens is 1. The second-order valence-corrected chi connectivity index (χ2v) is 4.81. The zero-order chi connectivity index (χ0) is 13.0. The third-order valence-electron chi connectivity index (χ3n) is 3.05. The molecular formula is C12H15ClN2O3. The molecule has 1 aliphatic rings. The average molecular weight is 271 g/mol. The fourth-order valence-electron chi connectivity index (χ4n) is 2.12. The first-order valence-corrected chi connectivity index (χ1v) is 6.36. The highest BCUT2D eigenvalue weighted by molar-refractivity contribution is 6.30. The van der Waals surface area contributed by atoms with Crippen LogP contribution in [0.2, 0.25) is 5.02 Å². The summed E-state index contributed by atoms with van der Waals surface area (Å²) in [5, 5.41) is 11.3. The van der Waals surface area contributed by atoms with E-state index in [2.05, 4.69) is 5.48 Å². The lowest BCUT2D eigenvalue weighted by Crippen LogP contribution is -2.21. The van der Waals surface area contributed by atoms with Crippen LogP contribution < -0.4 is 5.48 Å². The van der Waals surface area contributed by atoms with E-state index in [1.165, 1.54) is 25.0 Å². The van der Waals surface area contributed by atoms with Gasteiger partial charge in [-0.3, -0.25) is 15.0 Å². The highest BCUT2D eigenvalue weighted by Crippen LogP contribution is 2.23. The van der Waals surface area contributed by atoms with Gasteiger partial charge in [-0.15, -0.1) is 0 Å². The first-order valence-electron chi connectivity index (χ1n) is 5.98. The van der Waals surface area contributed by atoms with Gasteiger partial charge in [0.25, 0.3) is 5.69 Å². The highest BCUT2D eigenvalue weighted by atomic mass is 35.5. The summed E-state index contributed by atoms with van der Waals surface area (Å²) in [6.45, 7) is 0.285. The number of nitrogens with zero attached hydrogens (tertiary/aromatic N) is 1. The van der Waals surface area contributed by atoms with Crippen molar-refractivity contribution in [3.63, 3.8) is 0 Å². The van der Waals surface area contributed by atoms with E-state index in [9.17, 15) is 10.1 Å². The molecule has 2 rings (SSSR count). The molecule has 0 amide bonds. The standard InChI is InChI=1S/C12H15ClN2O3/c13-10-5-6-12(15(16)17)9(7-10)8-14-18-11-3-1-2-4-11/h5-7,11,14H,1-4,8H2. The van der Waals surface area contributed by atoms with E-state index in [0.29, 0.717) is 10.6 Å². The molecular weight excluding hydrogens is 256 g/mol. The molecule has 0 bridgehead atoms. The van der Waals surface area contributed by atoms with Crippen LogP contribution in [-0.2, 0) is 11.4 Å². The Bertz CT molecular complexity index is 433. The minimum atomic E-state index is -0.414. The van der Waals surface area contributed by atoms with Crippen molar-refractivity contribution < 1.29 is 9.76 Å². The summed E-state index contributed by atoms with van der Waals surface area (Å²) in [5.74, 6) is 0. The largest absolute Gasteiger partial charge is 0.298 e. The molecule has 1 aromatic carbocycles. The summed E-state index contributed by atoms with van der Waals surface area (Å²) in [5.41, 5.74) is 3.39. The summed E-state index contributed by atoms with van der Waals surface area (Å²) in [6, 6.07) is 4.51. The van der Waals surface area contributed by atoms with E-state index in [1.54, 1.807) is 6.07 Å². The molecule has 1 aliphatic carbocycles. The van der Waals surface area contributed by atoms with Crippen LogP contribution >= 0.6 is 11.6 Å². The molecule has 5 nitrogen and oxygen atoms in total. The van der Waals surface area contributed by atoms with Crippen LogP contribution in [0.5, 0.6) is 0 Å². The third kappa shape index (κ3) is 3.41. The summed E-state index contributed by atoms with van der Waals surface area (Å²) >= 11 is 5.84. The van der Waals surface area contributed by atoms with Crippen molar-refractivity contribution in [3.05, 3.63) is 38.9 Å².